The third-order valence-electron chi connectivity index (χ3n) is 1.49. The molecule has 1 atom stereocenters. The first-order valence-electron chi connectivity index (χ1n) is 3.44. The minimum atomic E-state index is 0.316. The third-order valence-corrected chi connectivity index (χ3v) is 2.43. The van der Waals surface area contributed by atoms with E-state index in [-0.39, 0.29) is 0 Å². The minimum absolute atomic E-state index is 0.316. The Balaban J connectivity index is 2.17. The van der Waals surface area contributed by atoms with E-state index >= 15 is 0 Å². The molecular formula is C8H8N2S. The fourth-order valence-electron chi connectivity index (χ4n) is 0.970. The van der Waals surface area contributed by atoms with Crippen LogP contribution in [0.1, 0.15) is 11.1 Å². The van der Waals surface area contributed by atoms with Gasteiger partial charge in [0.25, 0.3) is 0 Å². The lowest BCUT2D eigenvalue weighted by Gasteiger charge is -2.07. The highest BCUT2D eigenvalue weighted by Crippen LogP contribution is 2.28. The minimum Gasteiger partial charge on any atom is -0.374 e. The predicted molar refractivity (Wildman–Crippen MR) is 46.8 cm³/mol. The molecule has 0 amide bonds. The van der Waals surface area contributed by atoms with Crippen LogP contribution < -0.4 is 5.32 Å². The summed E-state index contributed by atoms with van der Waals surface area (Å²) in [6, 6.07) is 5.96. The molecule has 0 radical (unpaired) electrons. The lowest BCUT2D eigenvalue weighted by atomic mass is 10.3. The first-order chi connectivity index (χ1) is 5.47. The van der Waals surface area contributed by atoms with Crippen molar-refractivity contribution in [3.8, 4) is 0 Å². The Morgan fingerprint density at radius 2 is 2.45 bits per heavy atom. The van der Waals surface area contributed by atoms with Crippen LogP contribution in [-0.2, 0) is 0 Å². The number of nitrogens with zero attached hydrogens (tertiary/aromatic N) is 1. The number of thioether (sulfide) groups is 1. The van der Waals surface area contributed by atoms with Gasteiger partial charge in [-0.05, 0) is 17.5 Å². The highest BCUT2D eigenvalue weighted by atomic mass is 32.2. The van der Waals surface area contributed by atoms with Crippen LogP contribution in [0.2, 0.25) is 0 Å². The topological polar surface area (TPSA) is 24.9 Å². The number of pyridine rings is 1. The van der Waals surface area contributed by atoms with Gasteiger partial charge in [0.2, 0.25) is 0 Å². The number of hydrogen-bond donors (Lipinski definition) is 1. The van der Waals surface area contributed by atoms with Crippen molar-refractivity contribution in [2.24, 2.45) is 0 Å². The zero-order valence-electron chi connectivity index (χ0n) is 5.90. The van der Waals surface area contributed by atoms with Gasteiger partial charge in [-0.2, -0.15) is 0 Å². The average Bonchev–Trinajstić information content (AvgIpc) is 2.58. The monoisotopic (exact) mass is 164 g/mol. The lowest BCUT2D eigenvalue weighted by Crippen LogP contribution is -2.08. The summed E-state index contributed by atoms with van der Waals surface area (Å²) in [7, 11) is 0. The molecule has 0 aromatic carbocycles. The van der Waals surface area contributed by atoms with Gasteiger partial charge in [0, 0.05) is 12.4 Å². The second-order valence-electron chi connectivity index (χ2n) is 2.24. The molecule has 0 fully saturated rings. The van der Waals surface area contributed by atoms with Gasteiger partial charge < -0.3 is 5.32 Å². The van der Waals surface area contributed by atoms with Crippen LogP contribution in [0.15, 0.2) is 36.0 Å². The Morgan fingerprint density at radius 1 is 1.45 bits per heavy atom. The Hall–Kier alpha value is -0.960. The molecule has 1 aliphatic heterocycles. The second kappa shape index (κ2) is 2.96. The van der Waals surface area contributed by atoms with E-state index < -0.39 is 0 Å². The number of hydrogen-bond acceptors (Lipinski definition) is 3. The first kappa shape index (κ1) is 6.73. The molecule has 56 valence electrons. The summed E-state index contributed by atoms with van der Waals surface area (Å²) < 4.78 is 0. The van der Waals surface area contributed by atoms with Gasteiger partial charge in [-0.15, -0.1) is 11.8 Å². The summed E-state index contributed by atoms with van der Waals surface area (Å²) in [5, 5.41) is 5.55. The van der Waals surface area contributed by atoms with E-state index in [9.17, 15) is 0 Å². The van der Waals surface area contributed by atoms with E-state index in [1.807, 2.05) is 36.0 Å². The van der Waals surface area contributed by atoms with E-state index in [1.165, 1.54) is 0 Å². The lowest BCUT2D eigenvalue weighted by molar-refractivity contribution is 0.828. The molecule has 3 heteroatoms. The van der Waals surface area contributed by atoms with Crippen molar-refractivity contribution < 1.29 is 0 Å². The molecule has 0 saturated heterocycles. The van der Waals surface area contributed by atoms with Crippen molar-refractivity contribution in [3.63, 3.8) is 0 Å². The molecule has 0 saturated carbocycles. The Kier molecular flexibility index (Phi) is 1.81. The zero-order chi connectivity index (χ0) is 7.52. The fourth-order valence-corrected chi connectivity index (χ4v) is 1.72. The van der Waals surface area contributed by atoms with Crippen LogP contribution in [0.5, 0.6) is 0 Å². The number of nitrogens with one attached hydrogen (secondary N) is 1. The Labute approximate surface area is 69.7 Å². The summed E-state index contributed by atoms with van der Waals surface area (Å²) >= 11 is 1.74. The highest BCUT2D eigenvalue weighted by molar-refractivity contribution is 8.02. The molecule has 11 heavy (non-hydrogen) atoms. The standard InChI is InChI=1S/C8H8N2S/c1-2-4-9-7(3-1)8-10-5-6-11-8/h1-6,8,10H. The van der Waals surface area contributed by atoms with E-state index in [2.05, 4.69) is 10.3 Å². The number of aromatic nitrogens is 1. The molecule has 0 bridgehead atoms. The normalized spacial score (nSPS) is 21.6. The van der Waals surface area contributed by atoms with Gasteiger partial charge in [-0.25, -0.2) is 0 Å². The van der Waals surface area contributed by atoms with E-state index in [0.29, 0.717) is 5.37 Å². The summed E-state index contributed by atoms with van der Waals surface area (Å²) in [6.07, 6.45) is 3.76. The molecule has 2 heterocycles. The Bertz CT molecular complexity index is 250. The molecule has 0 aliphatic carbocycles. The van der Waals surface area contributed by atoms with Crippen molar-refractivity contribution >= 4 is 11.8 Å². The maximum Gasteiger partial charge on any atom is 0.119 e. The van der Waals surface area contributed by atoms with Crippen LogP contribution in [0.4, 0.5) is 0 Å². The second-order valence-corrected chi connectivity index (χ2v) is 3.26. The molecular weight excluding hydrogens is 156 g/mol. The van der Waals surface area contributed by atoms with Gasteiger partial charge >= 0.3 is 0 Å². The molecule has 1 N–H and O–H groups in total. The highest BCUT2D eigenvalue weighted by Gasteiger charge is 2.12. The van der Waals surface area contributed by atoms with Crippen molar-refractivity contribution in [2.75, 3.05) is 0 Å². The van der Waals surface area contributed by atoms with Crippen molar-refractivity contribution in [3.05, 3.63) is 41.7 Å². The summed E-state index contributed by atoms with van der Waals surface area (Å²) in [6.45, 7) is 0. The summed E-state index contributed by atoms with van der Waals surface area (Å²) in [4.78, 5) is 4.24. The molecule has 1 aromatic heterocycles. The smallest absolute Gasteiger partial charge is 0.119 e. The average molecular weight is 164 g/mol. The van der Waals surface area contributed by atoms with E-state index in [4.69, 9.17) is 0 Å². The number of rotatable bonds is 1. The molecule has 1 unspecified atom stereocenters. The van der Waals surface area contributed by atoms with E-state index in [0.717, 1.165) is 5.69 Å². The maximum atomic E-state index is 4.24. The van der Waals surface area contributed by atoms with E-state index in [1.54, 1.807) is 11.8 Å². The quantitative estimate of drug-likeness (QED) is 0.686. The SMILES string of the molecule is C1=CSC(c2ccccn2)N1. The predicted octanol–water partition coefficient (Wildman–Crippen LogP) is 1.89. The van der Waals surface area contributed by atoms with Crippen LogP contribution in [-0.4, -0.2) is 4.98 Å². The molecule has 2 nitrogen and oxygen atoms in total. The maximum absolute atomic E-state index is 4.24. The van der Waals surface area contributed by atoms with Gasteiger partial charge in [0.1, 0.15) is 5.37 Å². The third kappa shape index (κ3) is 1.38. The summed E-state index contributed by atoms with van der Waals surface area (Å²) in [5.41, 5.74) is 1.09. The molecule has 1 aliphatic rings. The van der Waals surface area contributed by atoms with Crippen molar-refractivity contribution in [1.82, 2.24) is 10.3 Å². The zero-order valence-corrected chi connectivity index (χ0v) is 6.71. The van der Waals surface area contributed by atoms with Crippen LogP contribution >= 0.6 is 11.8 Å². The van der Waals surface area contributed by atoms with Gasteiger partial charge in [0.15, 0.2) is 0 Å². The largest absolute Gasteiger partial charge is 0.374 e. The fraction of sp³-hybridized carbons (Fsp3) is 0.125. The van der Waals surface area contributed by atoms with Crippen LogP contribution in [0, 0.1) is 0 Å². The molecule has 2 rings (SSSR count). The van der Waals surface area contributed by atoms with Crippen LogP contribution in [0.25, 0.3) is 0 Å². The van der Waals surface area contributed by atoms with Crippen molar-refractivity contribution in [1.29, 1.82) is 0 Å². The molecule has 0 spiro atoms. The van der Waals surface area contributed by atoms with Crippen LogP contribution in [0.3, 0.4) is 0 Å². The summed E-state index contributed by atoms with van der Waals surface area (Å²) in [5.74, 6) is 0. The first-order valence-corrected chi connectivity index (χ1v) is 4.38. The molecule has 1 aromatic rings. The van der Waals surface area contributed by atoms with Gasteiger partial charge in [-0.1, -0.05) is 6.07 Å². The van der Waals surface area contributed by atoms with Crippen molar-refractivity contribution in [2.45, 2.75) is 5.37 Å². The van der Waals surface area contributed by atoms with Gasteiger partial charge in [-0.3, -0.25) is 4.98 Å². The Morgan fingerprint density at radius 3 is 3.09 bits per heavy atom. The van der Waals surface area contributed by atoms with Gasteiger partial charge in [0.05, 0.1) is 5.69 Å².